The van der Waals surface area contributed by atoms with Gasteiger partial charge in [-0.05, 0) is 47.6 Å². The quantitative estimate of drug-likeness (QED) is 0.790. The van der Waals surface area contributed by atoms with Crippen molar-refractivity contribution >= 4 is 23.7 Å². The van der Waals surface area contributed by atoms with Crippen molar-refractivity contribution in [1.82, 2.24) is 5.32 Å². The number of nitrogens with one attached hydrogen (secondary N) is 1. The summed E-state index contributed by atoms with van der Waals surface area (Å²) in [6.07, 6.45) is -2.23. The van der Waals surface area contributed by atoms with Crippen molar-refractivity contribution < 1.29 is 24.2 Å². The van der Waals surface area contributed by atoms with Crippen molar-refractivity contribution in [2.75, 3.05) is 0 Å². The van der Waals surface area contributed by atoms with Crippen LogP contribution in [0.25, 0.3) is 0 Å². The maximum atomic E-state index is 12.5. The van der Waals surface area contributed by atoms with Gasteiger partial charge in [-0.1, -0.05) is 29.8 Å². The molecule has 0 fully saturated rings. The van der Waals surface area contributed by atoms with Crippen LogP contribution in [0, 0.1) is 0 Å². The molecule has 1 amide bonds. The third-order valence-electron chi connectivity index (χ3n) is 2.87. The van der Waals surface area contributed by atoms with Crippen molar-refractivity contribution in [2.24, 2.45) is 0 Å². The monoisotopic (exact) mass is 371 g/mol. The van der Waals surface area contributed by atoms with E-state index in [0.29, 0.717) is 5.56 Å². The van der Waals surface area contributed by atoms with E-state index in [1.54, 1.807) is 65.8 Å². The zero-order valence-electron chi connectivity index (χ0n) is 15.4. The number of esters is 1. The van der Waals surface area contributed by atoms with Gasteiger partial charge in [0.25, 0.3) is 0 Å². The van der Waals surface area contributed by atoms with Gasteiger partial charge in [-0.25, -0.2) is 9.59 Å². The molecule has 2 N–H and O–H groups in total. The highest BCUT2D eigenvalue weighted by Crippen LogP contribution is 2.26. The summed E-state index contributed by atoms with van der Waals surface area (Å²) in [6.45, 7) is 10.2. The fourth-order valence-corrected chi connectivity index (χ4v) is 2.21. The van der Waals surface area contributed by atoms with Gasteiger partial charge in [-0.3, -0.25) is 0 Å². The molecular weight excluding hydrogens is 346 g/mol. The van der Waals surface area contributed by atoms with E-state index in [1.807, 2.05) is 0 Å². The van der Waals surface area contributed by atoms with Crippen LogP contribution in [-0.4, -0.2) is 34.4 Å². The van der Waals surface area contributed by atoms with Crippen LogP contribution in [0.3, 0.4) is 0 Å². The summed E-state index contributed by atoms with van der Waals surface area (Å²) in [5.41, 5.74) is -1.24. The minimum absolute atomic E-state index is 0.273. The van der Waals surface area contributed by atoms with Crippen LogP contribution in [0.5, 0.6) is 0 Å². The molecule has 0 saturated carbocycles. The zero-order chi connectivity index (χ0) is 19.4. The highest BCUT2D eigenvalue weighted by atomic mass is 35.5. The molecule has 0 saturated heterocycles. The molecule has 0 heterocycles. The number of amides is 1. The van der Waals surface area contributed by atoms with Gasteiger partial charge >= 0.3 is 12.1 Å². The van der Waals surface area contributed by atoms with Crippen LogP contribution < -0.4 is 5.32 Å². The van der Waals surface area contributed by atoms with E-state index in [1.165, 1.54) is 0 Å². The Balaban J connectivity index is 3.08. The second-order valence-electron chi connectivity index (χ2n) is 7.62. The van der Waals surface area contributed by atoms with Gasteiger partial charge < -0.3 is 19.9 Å². The largest absolute Gasteiger partial charge is 0.458 e. The smallest absolute Gasteiger partial charge is 0.408 e. The maximum Gasteiger partial charge on any atom is 0.408 e. The number of hydrogen-bond donors (Lipinski definition) is 2. The van der Waals surface area contributed by atoms with Crippen LogP contribution in [0.15, 0.2) is 24.3 Å². The SMILES string of the molecule is CC(C)(C)OC(=O)N[C@H](C(=O)OC(C)(C)C)[C@@H](O)c1ccccc1Cl. The normalized spacial score (nSPS) is 14.4. The molecule has 1 aromatic carbocycles. The van der Waals surface area contributed by atoms with Crippen molar-refractivity contribution in [1.29, 1.82) is 0 Å². The van der Waals surface area contributed by atoms with Crippen molar-refractivity contribution in [3.05, 3.63) is 34.9 Å². The van der Waals surface area contributed by atoms with Gasteiger partial charge in [-0.2, -0.15) is 0 Å². The average Bonchev–Trinajstić information content (AvgIpc) is 2.40. The molecule has 1 aromatic rings. The molecule has 7 heteroatoms. The first-order chi connectivity index (χ1) is 11.3. The summed E-state index contributed by atoms with van der Waals surface area (Å²) in [5, 5.41) is 13.3. The number of aliphatic hydroxyl groups excluding tert-OH is 1. The Kier molecular flexibility index (Phi) is 6.85. The molecule has 0 spiro atoms. The molecule has 140 valence electrons. The molecule has 0 aromatic heterocycles. The van der Waals surface area contributed by atoms with Crippen LogP contribution in [0.4, 0.5) is 4.79 Å². The summed E-state index contributed by atoms with van der Waals surface area (Å²) in [5.74, 6) is -0.786. The number of rotatable bonds is 4. The topological polar surface area (TPSA) is 84.9 Å². The summed E-state index contributed by atoms with van der Waals surface area (Å²) in [7, 11) is 0. The Hall–Kier alpha value is -1.79. The minimum atomic E-state index is -1.39. The molecule has 0 aliphatic rings. The predicted octanol–water partition coefficient (Wildman–Crippen LogP) is 3.61. The number of hydrogen-bond acceptors (Lipinski definition) is 5. The summed E-state index contributed by atoms with van der Waals surface area (Å²) < 4.78 is 10.5. The second kappa shape index (κ2) is 8.06. The Labute approximate surface area is 153 Å². The van der Waals surface area contributed by atoms with Crippen LogP contribution >= 0.6 is 11.6 Å². The second-order valence-corrected chi connectivity index (χ2v) is 8.03. The van der Waals surface area contributed by atoms with Gasteiger partial charge in [0.05, 0.1) is 0 Å². The fourth-order valence-electron chi connectivity index (χ4n) is 1.96. The molecule has 25 heavy (non-hydrogen) atoms. The van der Waals surface area contributed by atoms with Gasteiger partial charge in [0.15, 0.2) is 6.04 Å². The third kappa shape index (κ3) is 7.32. The molecule has 0 radical (unpaired) electrons. The van der Waals surface area contributed by atoms with Crippen LogP contribution in [0.2, 0.25) is 5.02 Å². The lowest BCUT2D eigenvalue weighted by Gasteiger charge is -2.29. The summed E-state index contributed by atoms with van der Waals surface area (Å²) in [4.78, 5) is 24.6. The zero-order valence-corrected chi connectivity index (χ0v) is 16.2. The molecule has 0 bridgehead atoms. The van der Waals surface area contributed by atoms with Gasteiger partial charge in [-0.15, -0.1) is 0 Å². The van der Waals surface area contributed by atoms with E-state index in [2.05, 4.69) is 5.32 Å². The van der Waals surface area contributed by atoms with E-state index in [9.17, 15) is 14.7 Å². The first-order valence-electron chi connectivity index (χ1n) is 7.95. The standard InChI is InChI=1S/C18H26ClNO5/c1-17(2,3)24-15(22)13(20-16(23)25-18(4,5)6)14(21)11-9-7-8-10-12(11)19/h7-10,13-14,21H,1-6H3,(H,20,23)/t13-,14-/m0/s1. The minimum Gasteiger partial charge on any atom is -0.458 e. The van der Waals surface area contributed by atoms with Crippen molar-refractivity contribution in [3.63, 3.8) is 0 Å². The molecule has 0 aliphatic carbocycles. The lowest BCUT2D eigenvalue weighted by molar-refractivity contribution is -0.160. The average molecular weight is 372 g/mol. The highest BCUT2D eigenvalue weighted by molar-refractivity contribution is 6.31. The number of carbonyl (C=O) groups is 2. The number of alkyl carbamates (subject to hydrolysis) is 1. The van der Waals surface area contributed by atoms with Crippen molar-refractivity contribution in [2.45, 2.75) is 64.9 Å². The van der Waals surface area contributed by atoms with E-state index < -0.39 is 35.4 Å². The number of ether oxygens (including phenoxy) is 2. The highest BCUT2D eigenvalue weighted by Gasteiger charge is 2.35. The molecule has 0 unspecified atom stereocenters. The van der Waals surface area contributed by atoms with Crippen LogP contribution in [-0.2, 0) is 14.3 Å². The first kappa shape index (κ1) is 21.3. The number of benzene rings is 1. The van der Waals surface area contributed by atoms with E-state index in [4.69, 9.17) is 21.1 Å². The lowest BCUT2D eigenvalue weighted by Crippen LogP contribution is -2.49. The van der Waals surface area contributed by atoms with E-state index >= 15 is 0 Å². The van der Waals surface area contributed by atoms with Gasteiger partial charge in [0, 0.05) is 10.6 Å². The van der Waals surface area contributed by atoms with Crippen molar-refractivity contribution in [3.8, 4) is 0 Å². The van der Waals surface area contributed by atoms with E-state index in [-0.39, 0.29) is 5.02 Å². The predicted molar refractivity (Wildman–Crippen MR) is 95.4 cm³/mol. The Morgan fingerprint density at radius 1 is 1.04 bits per heavy atom. The van der Waals surface area contributed by atoms with E-state index in [0.717, 1.165) is 0 Å². The van der Waals surface area contributed by atoms with Gasteiger partial charge in [0.1, 0.15) is 17.3 Å². The molecule has 0 aliphatic heterocycles. The maximum absolute atomic E-state index is 12.5. The van der Waals surface area contributed by atoms with Gasteiger partial charge in [0.2, 0.25) is 0 Å². The molecular formula is C18H26ClNO5. The number of halogens is 1. The van der Waals surface area contributed by atoms with Crippen LogP contribution in [0.1, 0.15) is 53.2 Å². The summed E-state index contributed by atoms with van der Waals surface area (Å²) >= 11 is 6.09. The Morgan fingerprint density at radius 2 is 1.56 bits per heavy atom. The Morgan fingerprint density at radius 3 is 2.04 bits per heavy atom. The summed E-state index contributed by atoms with van der Waals surface area (Å²) in [6, 6.07) is 5.15. The molecule has 2 atom stereocenters. The molecule has 1 rings (SSSR count). The Bertz CT molecular complexity index is 619. The third-order valence-corrected chi connectivity index (χ3v) is 3.22. The molecule has 6 nitrogen and oxygen atoms in total. The lowest BCUT2D eigenvalue weighted by atomic mass is 10.0. The number of aliphatic hydroxyl groups is 1. The first-order valence-corrected chi connectivity index (χ1v) is 8.33. The fraction of sp³-hybridized carbons (Fsp3) is 0.556. The number of carbonyl (C=O) groups excluding carboxylic acids is 2.